The summed E-state index contributed by atoms with van der Waals surface area (Å²) in [4.78, 5) is 15.3. The average molecular weight is 344 g/mol. The summed E-state index contributed by atoms with van der Waals surface area (Å²) < 4.78 is 3.81. The van der Waals surface area contributed by atoms with E-state index in [2.05, 4.69) is 44.1 Å². The molecule has 0 saturated carbocycles. The van der Waals surface area contributed by atoms with E-state index >= 15 is 0 Å². The van der Waals surface area contributed by atoms with E-state index in [-0.39, 0.29) is 5.91 Å². The second kappa shape index (κ2) is 8.35. The number of rotatable bonds is 5. The molecule has 3 rings (SSSR count). The first-order valence-electron chi connectivity index (χ1n) is 8.60. The van der Waals surface area contributed by atoms with Crippen LogP contribution in [0.1, 0.15) is 52.2 Å². The van der Waals surface area contributed by atoms with Crippen molar-refractivity contribution in [3.63, 3.8) is 0 Å². The van der Waals surface area contributed by atoms with Crippen LogP contribution in [-0.4, -0.2) is 33.5 Å². The first kappa shape index (κ1) is 17.0. The van der Waals surface area contributed by atoms with Gasteiger partial charge in [-0.25, -0.2) is 0 Å². The van der Waals surface area contributed by atoms with E-state index in [1.54, 1.807) is 6.92 Å². The van der Waals surface area contributed by atoms with Crippen molar-refractivity contribution in [3.8, 4) is 0 Å². The molecule has 1 saturated heterocycles. The van der Waals surface area contributed by atoms with Crippen LogP contribution in [0.3, 0.4) is 0 Å². The summed E-state index contributed by atoms with van der Waals surface area (Å²) in [6.45, 7) is 5.72. The van der Waals surface area contributed by atoms with Crippen LogP contribution in [0, 0.1) is 6.92 Å². The van der Waals surface area contributed by atoms with Crippen LogP contribution in [0.5, 0.6) is 0 Å². The Bertz CT molecular complexity index is 677. The highest BCUT2D eigenvalue weighted by molar-refractivity contribution is 7.07. The van der Waals surface area contributed by atoms with Crippen LogP contribution in [0.2, 0.25) is 0 Å². The number of carbonyl (C=O) groups is 1. The van der Waals surface area contributed by atoms with Crippen molar-refractivity contribution in [1.29, 1.82) is 0 Å². The predicted octanol–water partition coefficient (Wildman–Crippen LogP) is 3.15. The second-order valence-corrected chi connectivity index (χ2v) is 7.13. The van der Waals surface area contributed by atoms with Gasteiger partial charge in [-0.3, -0.25) is 9.69 Å². The molecule has 1 N–H and O–H groups in total. The zero-order chi connectivity index (χ0) is 16.8. The number of aromatic nitrogens is 2. The number of hydrogen-bond donors (Lipinski definition) is 1. The summed E-state index contributed by atoms with van der Waals surface area (Å²) in [5.74, 6) is -0.0968. The number of hydrogen-bond acceptors (Lipinski definition) is 5. The molecule has 6 heteroatoms. The van der Waals surface area contributed by atoms with Gasteiger partial charge in [-0.1, -0.05) is 41.6 Å². The first-order valence-corrected chi connectivity index (χ1v) is 9.37. The fourth-order valence-electron chi connectivity index (χ4n) is 3.09. The summed E-state index contributed by atoms with van der Waals surface area (Å²) >= 11 is 1.14. The molecule has 0 bridgehead atoms. The van der Waals surface area contributed by atoms with Gasteiger partial charge in [0.25, 0.3) is 5.91 Å². The Morgan fingerprint density at radius 3 is 2.67 bits per heavy atom. The maximum Gasteiger partial charge on any atom is 0.265 e. The van der Waals surface area contributed by atoms with Crippen molar-refractivity contribution >= 4 is 17.4 Å². The summed E-state index contributed by atoms with van der Waals surface area (Å²) in [5, 5.41) is 6.84. The summed E-state index contributed by atoms with van der Waals surface area (Å²) in [5.41, 5.74) is 3.14. The molecule has 24 heavy (non-hydrogen) atoms. The van der Waals surface area contributed by atoms with Crippen LogP contribution in [0.15, 0.2) is 24.3 Å². The molecular weight excluding hydrogens is 320 g/mol. The minimum absolute atomic E-state index is 0.0968. The molecule has 0 unspecified atom stereocenters. The van der Waals surface area contributed by atoms with Gasteiger partial charge in [-0.2, -0.15) is 0 Å². The zero-order valence-electron chi connectivity index (χ0n) is 14.1. The minimum atomic E-state index is -0.0968. The number of likely N-dealkylation sites (tertiary alicyclic amines) is 1. The molecule has 1 aliphatic heterocycles. The van der Waals surface area contributed by atoms with Crippen LogP contribution in [0.4, 0.5) is 0 Å². The molecule has 0 atom stereocenters. The van der Waals surface area contributed by atoms with Crippen molar-refractivity contribution in [1.82, 2.24) is 19.8 Å². The summed E-state index contributed by atoms with van der Waals surface area (Å²) in [7, 11) is 0. The lowest BCUT2D eigenvalue weighted by Crippen LogP contribution is -2.24. The predicted molar refractivity (Wildman–Crippen MR) is 96.0 cm³/mol. The van der Waals surface area contributed by atoms with Gasteiger partial charge in [0.05, 0.1) is 5.69 Å². The number of nitrogens with zero attached hydrogens (tertiary/aromatic N) is 3. The minimum Gasteiger partial charge on any atom is -0.347 e. The topological polar surface area (TPSA) is 58.1 Å². The Morgan fingerprint density at radius 1 is 1.21 bits per heavy atom. The van der Waals surface area contributed by atoms with Crippen LogP contribution in [0.25, 0.3) is 0 Å². The first-order chi connectivity index (χ1) is 11.7. The number of aryl methyl sites for hydroxylation is 1. The third-order valence-corrected chi connectivity index (χ3v) is 5.23. The number of amides is 1. The lowest BCUT2D eigenvalue weighted by Gasteiger charge is -2.20. The van der Waals surface area contributed by atoms with Gasteiger partial charge >= 0.3 is 0 Å². The molecule has 0 spiro atoms. The van der Waals surface area contributed by atoms with Crippen molar-refractivity contribution in [3.05, 3.63) is 46.0 Å². The molecule has 1 aromatic carbocycles. The van der Waals surface area contributed by atoms with E-state index in [1.165, 1.54) is 44.3 Å². The number of nitrogens with one attached hydrogen (secondary N) is 1. The highest BCUT2D eigenvalue weighted by atomic mass is 32.1. The highest BCUT2D eigenvalue weighted by Crippen LogP contribution is 2.15. The molecule has 5 nitrogen and oxygen atoms in total. The molecule has 1 aromatic heterocycles. The fourth-order valence-corrected chi connectivity index (χ4v) is 3.67. The smallest absolute Gasteiger partial charge is 0.265 e. The highest BCUT2D eigenvalue weighted by Gasteiger charge is 2.13. The van der Waals surface area contributed by atoms with E-state index in [9.17, 15) is 4.79 Å². The maximum absolute atomic E-state index is 12.2. The Hall–Kier alpha value is -1.79. The fraction of sp³-hybridized carbons (Fsp3) is 0.500. The Kier molecular flexibility index (Phi) is 5.93. The van der Waals surface area contributed by atoms with E-state index in [0.29, 0.717) is 17.1 Å². The molecule has 128 valence electrons. The number of benzene rings is 1. The normalized spacial score (nSPS) is 15.9. The summed E-state index contributed by atoms with van der Waals surface area (Å²) in [6, 6.07) is 8.51. The van der Waals surface area contributed by atoms with Gasteiger partial charge in [0.2, 0.25) is 0 Å². The van der Waals surface area contributed by atoms with Crippen molar-refractivity contribution in [2.75, 3.05) is 13.1 Å². The third kappa shape index (κ3) is 4.61. The Morgan fingerprint density at radius 2 is 1.96 bits per heavy atom. The summed E-state index contributed by atoms with van der Waals surface area (Å²) in [6.07, 6.45) is 5.32. The molecule has 0 radical (unpaired) electrons. The molecule has 1 amide bonds. The van der Waals surface area contributed by atoms with Crippen LogP contribution < -0.4 is 5.32 Å². The van der Waals surface area contributed by atoms with Gasteiger partial charge < -0.3 is 5.32 Å². The third-order valence-electron chi connectivity index (χ3n) is 4.41. The standard InChI is InChI=1S/C18H24N4OS/c1-14-17(24-21-20-14)18(23)19-12-15-7-6-8-16(11-15)13-22-9-4-2-3-5-10-22/h6-8,11H,2-5,9-10,12-13H2,1H3,(H,19,23). The monoisotopic (exact) mass is 344 g/mol. The molecule has 1 aliphatic rings. The largest absolute Gasteiger partial charge is 0.347 e. The van der Waals surface area contributed by atoms with Gasteiger partial charge in [0, 0.05) is 13.1 Å². The van der Waals surface area contributed by atoms with Crippen LogP contribution in [-0.2, 0) is 13.1 Å². The van der Waals surface area contributed by atoms with Crippen molar-refractivity contribution < 1.29 is 4.79 Å². The van der Waals surface area contributed by atoms with E-state index < -0.39 is 0 Å². The van der Waals surface area contributed by atoms with Gasteiger partial charge in [-0.15, -0.1) is 5.10 Å². The average Bonchev–Trinajstić information content (AvgIpc) is 2.85. The zero-order valence-corrected chi connectivity index (χ0v) is 14.9. The number of carbonyl (C=O) groups excluding carboxylic acids is 1. The van der Waals surface area contributed by atoms with E-state index in [4.69, 9.17) is 0 Å². The van der Waals surface area contributed by atoms with E-state index in [0.717, 1.165) is 23.6 Å². The van der Waals surface area contributed by atoms with Crippen LogP contribution >= 0.6 is 11.5 Å². The Labute approximate surface area is 147 Å². The lowest BCUT2D eigenvalue weighted by molar-refractivity contribution is 0.0954. The maximum atomic E-state index is 12.2. The molecule has 2 aromatic rings. The van der Waals surface area contributed by atoms with Gasteiger partial charge in [0.1, 0.15) is 4.88 Å². The molecule has 0 aliphatic carbocycles. The van der Waals surface area contributed by atoms with Gasteiger partial charge in [0.15, 0.2) is 0 Å². The lowest BCUT2D eigenvalue weighted by atomic mass is 10.1. The molecule has 2 heterocycles. The van der Waals surface area contributed by atoms with Gasteiger partial charge in [-0.05, 0) is 55.5 Å². The van der Waals surface area contributed by atoms with Crippen molar-refractivity contribution in [2.24, 2.45) is 0 Å². The quantitative estimate of drug-likeness (QED) is 0.905. The van der Waals surface area contributed by atoms with E-state index in [1.807, 2.05) is 0 Å². The molecular formula is C18H24N4OS. The second-order valence-electron chi connectivity index (χ2n) is 6.38. The van der Waals surface area contributed by atoms with Crippen molar-refractivity contribution in [2.45, 2.75) is 45.7 Å². The SMILES string of the molecule is Cc1nnsc1C(=O)NCc1cccc(CN2CCCCCC2)c1. The molecule has 1 fully saturated rings. The Balaban J connectivity index is 1.56.